The number of amides is 1. The van der Waals surface area contributed by atoms with Crippen LogP contribution in [0, 0.1) is 76.2 Å². The molecule has 1 radical (unpaired) electrons. The molecule has 5 heterocycles. The van der Waals surface area contributed by atoms with Crippen molar-refractivity contribution >= 4 is 23.6 Å². The Bertz CT molecular complexity index is 1790. The smallest absolute Gasteiger partial charge is 0.471 e. The number of phenols is 1. The quantitative estimate of drug-likeness (QED) is 0.342. The average Bonchev–Trinajstić information content (AvgIpc) is 3.55. The van der Waals surface area contributed by atoms with Gasteiger partial charge in [0.25, 0.3) is 0 Å². The Hall–Kier alpha value is -2.47. The van der Waals surface area contributed by atoms with Gasteiger partial charge in [0.05, 0.1) is 23.4 Å². The molecule has 2 saturated heterocycles. The first kappa shape index (κ1) is 37.3. The molecule has 1 amide bonds. The largest absolute Gasteiger partial charge is 0.507 e. The number of rotatable bonds is 4. The summed E-state index contributed by atoms with van der Waals surface area (Å²) in [5.74, 6) is -2.40. The van der Waals surface area contributed by atoms with E-state index in [0.29, 0.717) is 40.4 Å². The van der Waals surface area contributed by atoms with E-state index in [9.17, 15) is 33.1 Å². The summed E-state index contributed by atoms with van der Waals surface area (Å²) < 4.78 is 69.1. The number of carbonyl (C=O) groups excluding carboxylic acids is 2. The Morgan fingerprint density at radius 3 is 2.56 bits per heavy atom. The number of cyclic esters (lactones) is 1. The number of esters is 1. The van der Waals surface area contributed by atoms with Crippen molar-refractivity contribution in [3.05, 3.63) is 45.0 Å². The number of nitrogens with zero attached hydrogens (tertiary/aromatic N) is 3. The predicted octanol–water partition coefficient (Wildman–Crippen LogP) is 3.64. The number of methoxy groups -OCH3 is 1. The van der Waals surface area contributed by atoms with Gasteiger partial charge in [-0.15, -0.1) is 11.8 Å². The van der Waals surface area contributed by atoms with Crippen molar-refractivity contribution < 1.29 is 95.6 Å². The van der Waals surface area contributed by atoms with Crippen LogP contribution in [0.4, 0.5) is 13.2 Å². The third-order valence-electron chi connectivity index (χ3n) is 10.5. The van der Waals surface area contributed by atoms with Gasteiger partial charge in [-0.05, 0) is 50.9 Å². The number of carbonyl (C=O) groups is 2. The number of likely N-dealkylation sites (N-methyl/N-ethyl adjacent to an activating group) is 1. The minimum absolute atomic E-state index is 0. The fraction of sp³-hybridized carbons (Fsp3) is 0.545. The van der Waals surface area contributed by atoms with Crippen molar-refractivity contribution in [2.75, 3.05) is 40.1 Å². The molecule has 1 unspecified atom stereocenters. The first-order chi connectivity index (χ1) is 23.3. The Kier molecular flexibility index (Phi) is 10.3. The minimum Gasteiger partial charge on any atom is -0.507 e. The molecule has 2 aromatic rings. The summed E-state index contributed by atoms with van der Waals surface area (Å²) in [6, 6.07) is -0.0211. The molecule has 0 spiro atoms. The van der Waals surface area contributed by atoms with Gasteiger partial charge in [-0.2, -0.15) is 18.4 Å². The Morgan fingerprint density at radius 2 is 1.88 bits per heavy atom. The third kappa shape index (κ3) is 5.73. The van der Waals surface area contributed by atoms with Crippen LogP contribution in [0.3, 0.4) is 0 Å². The first-order valence-corrected chi connectivity index (χ1v) is 16.8. The van der Waals surface area contributed by atoms with Gasteiger partial charge in [-0.25, -0.2) is 4.79 Å². The maximum absolute atomic E-state index is 13.4. The molecule has 12 nitrogen and oxygen atoms in total. The predicted molar refractivity (Wildman–Crippen MR) is 167 cm³/mol. The molecule has 0 aromatic heterocycles. The number of hydrogen-bond donors (Lipinski definition) is 2. The number of ether oxygens (including phenoxy) is 5. The van der Waals surface area contributed by atoms with Gasteiger partial charge >= 0.3 is 18.1 Å². The first-order valence-electron chi connectivity index (χ1n) is 15.7. The molecule has 2 fully saturated rings. The normalized spacial score (nSPS) is 28.3. The molecule has 0 saturated carbocycles. The van der Waals surface area contributed by atoms with Crippen LogP contribution < -0.4 is 19.5 Å². The van der Waals surface area contributed by atoms with Crippen LogP contribution in [0.5, 0.6) is 23.0 Å². The van der Waals surface area contributed by atoms with Crippen LogP contribution in [0.25, 0.3) is 0 Å². The van der Waals surface area contributed by atoms with Crippen LogP contribution in [0.2, 0.25) is 0 Å². The van der Waals surface area contributed by atoms with Crippen molar-refractivity contribution in [3.8, 4) is 29.1 Å². The number of nitriles is 1. The zero-order valence-electron chi connectivity index (χ0n) is 27.9. The summed E-state index contributed by atoms with van der Waals surface area (Å²) in [5.41, 5.74) is 5.14. The second-order valence-electron chi connectivity index (χ2n) is 13.0. The van der Waals surface area contributed by atoms with E-state index in [1.807, 2.05) is 25.8 Å². The number of hydrogen-bond acceptors (Lipinski definition) is 12. The molecule has 5 aliphatic heterocycles. The molecular weight excluding hydrogens is 896 g/mol. The second kappa shape index (κ2) is 13.8. The Morgan fingerprint density at radius 1 is 1.16 bits per heavy atom. The van der Waals surface area contributed by atoms with Crippen LogP contribution >= 0.6 is 11.8 Å². The molecule has 4 bridgehead atoms. The number of fused-ring (bicyclic) bond motifs is 9. The summed E-state index contributed by atoms with van der Waals surface area (Å²) in [7, 11) is 3.46. The molecule has 0 aliphatic carbocycles. The van der Waals surface area contributed by atoms with E-state index < -0.39 is 60.1 Å². The maximum Gasteiger partial charge on any atom is 0.471 e. The van der Waals surface area contributed by atoms with E-state index in [-0.39, 0.29) is 75.2 Å². The number of thioether (sulfide) groups is 1. The van der Waals surface area contributed by atoms with E-state index in [1.54, 1.807) is 12.2 Å². The van der Waals surface area contributed by atoms with Crippen molar-refractivity contribution in [3.63, 3.8) is 0 Å². The van der Waals surface area contributed by atoms with Gasteiger partial charge < -0.3 is 34.1 Å². The summed E-state index contributed by atoms with van der Waals surface area (Å²) in [6.45, 7) is 5.10. The molecule has 2 aromatic carbocycles. The molecule has 2 N–H and O–H groups in total. The van der Waals surface area contributed by atoms with Gasteiger partial charge in [-0.3, -0.25) is 14.6 Å². The number of nitrogens with one attached hydrogen (secondary N) is 1. The summed E-state index contributed by atoms with van der Waals surface area (Å²) >= 11 is 1.10. The molecule has 50 heavy (non-hydrogen) atoms. The third-order valence-corrected chi connectivity index (χ3v) is 11.9. The van der Waals surface area contributed by atoms with Gasteiger partial charge in [0.1, 0.15) is 30.2 Å². The fourth-order valence-electron chi connectivity index (χ4n) is 8.20. The standard InChI is InChI=1S/C33H35F3N4O8S.Ac/c1-13-6-16-7-18-19(8-37)40-20-9-45-31(42)17(38-32(43)33(34,35)36)10-49-30(23-22(20)29-28(47-12-48-29)15(3)26(23)41)25(40)24(39(18)4)21(16)27(14(13)2)46-11-44-5;/h6,17-20,24-25,30,41H,7,9-12H2,1-5H3,(H,38,43);/t17-,18-,19-,20-,24+,25?,30+;/m0./s1. The van der Waals surface area contributed by atoms with Crippen LogP contribution in [-0.2, 0) is 25.5 Å². The van der Waals surface area contributed by atoms with Crippen molar-refractivity contribution in [1.82, 2.24) is 15.1 Å². The van der Waals surface area contributed by atoms with E-state index in [0.717, 1.165) is 34.0 Å². The second-order valence-corrected chi connectivity index (χ2v) is 14.1. The van der Waals surface area contributed by atoms with E-state index >= 15 is 0 Å². The van der Waals surface area contributed by atoms with Crippen molar-refractivity contribution in [1.29, 1.82) is 5.26 Å². The van der Waals surface area contributed by atoms with Crippen LogP contribution in [0.15, 0.2) is 6.07 Å². The Labute approximate surface area is 326 Å². The number of benzene rings is 2. The van der Waals surface area contributed by atoms with Gasteiger partial charge in [0.2, 0.25) is 6.79 Å². The van der Waals surface area contributed by atoms with Crippen molar-refractivity contribution in [2.24, 2.45) is 0 Å². The summed E-state index contributed by atoms with van der Waals surface area (Å²) in [6.07, 6.45) is -4.72. The zero-order chi connectivity index (χ0) is 35.1. The van der Waals surface area contributed by atoms with Gasteiger partial charge in [0.15, 0.2) is 18.3 Å². The van der Waals surface area contributed by atoms with Crippen molar-refractivity contribution in [2.45, 2.75) is 74.9 Å². The van der Waals surface area contributed by atoms with E-state index in [4.69, 9.17) is 23.7 Å². The number of aryl methyl sites for hydroxylation is 1. The molecule has 7 rings (SSSR count). The number of halogens is 3. The number of phenolic OH excluding ortho intramolecular Hbond substituents is 1. The molecular formula is C33H35AcF3N4O8S. The molecule has 265 valence electrons. The van der Waals surface area contributed by atoms with Crippen LogP contribution in [0.1, 0.15) is 56.3 Å². The van der Waals surface area contributed by atoms with Gasteiger partial charge in [0, 0.05) is 91.3 Å². The summed E-state index contributed by atoms with van der Waals surface area (Å²) in [5, 5.41) is 23.8. The minimum atomic E-state index is -5.22. The Balaban J connectivity index is 0.00000432. The number of alkyl halides is 3. The maximum atomic E-state index is 13.4. The fourth-order valence-corrected chi connectivity index (χ4v) is 9.71. The number of aromatic hydroxyl groups is 1. The molecule has 17 heteroatoms. The zero-order valence-corrected chi connectivity index (χ0v) is 33.5. The van der Waals surface area contributed by atoms with E-state index in [2.05, 4.69) is 17.0 Å². The molecule has 5 aliphatic rings. The van der Waals surface area contributed by atoms with Gasteiger partial charge in [-0.1, -0.05) is 6.07 Å². The monoisotopic (exact) mass is 931 g/mol. The van der Waals surface area contributed by atoms with Crippen LogP contribution in [-0.4, -0.2) is 97.2 Å². The number of piperazine rings is 1. The SMILES string of the molecule is COCOc1c(C)c(C)cc2c1[C@@H]1C3[C@@H]4SC[C@H](NC(=O)C(F)(F)F)C(=O)OC[C@@H](c5c6c(c(C)c(O)c54)OCO6)N3[C@@H](C#N)[C@H](C2)N1C.[Ac]. The van der Waals surface area contributed by atoms with E-state index in [1.165, 1.54) is 7.11 Å². The topological polar surface area (TPSA) is 143 Å². The molecule has 7 atom stereocenters. The summed E-state index contributed by atoms with van der Waals surface area (Å²) in [4.78, 5) is 29.5. The average molecular weight is 932 g/mol.